The minimum atomic E-state index is 0.564. The number of anilines is 1. The fourth-order valence-corrected chi connectivity index (χ4v) is 1.87. The lowest BCUT2D eigenvalue weighted by Gasteiger charge is -2.18. The van der Waals surface area contributed by atoms with E-state index in [0.29, 0.717) is 18.0 Å². The maximum absolute atomic E-state index is 5.77. The summed E-state index contributed by atoms with van der Waals surface area (Å²) in [5.41, 5.74) is 6.34. The average molecular weight is 288 g/mol. The summed E-state index contributed by atoms with van der Waals surface area (Å²) in [4.78, 5) is 6.25. The van der Waals surface area contributed by atoms with E-state index < -0.39 is 0 Å². The summed E-state index contributed by atoms with van der Waals surface area (Å²) >= 11 is 3.37. The molecule has 0 amide bonds. The molecular weight excluding hydrogens is 270 g/mol. The Morgan fingerprint density at radius 1 is 1.38 bits per heavy atom. The maximum Gasteiger partial charge on any atom is 0.159 e. The van der Waals surface area contributed by atoms with Gasteiger partial charge >= 0.3 is 0 Å². The van der Waals surface area contributed by atoms with Crippen molar-refractivity contribution in [1.29, 1.82) is 0 Å². The normalized spacial score (nSPS) is 10.8. The van der Waals surface area contributed by atoms with Gasteiger partial charge in [0.15, 0.2) is 5.75 Å². The van der Waals surface area contributed by atoms with Gasteiger partial charge in [-0.05, 0) is 29.0 Å². The van der Waals surface area contributed by atoms with Crippen LogP contribution in [-0.2, 0) is 0 Å². The predicted molar refractivity (Wildman–Crippen MR) is 69.6 cm³/mol. The van der Waals surface area contributed by atoms with Gasteiger partial charge in [-0.15, -0.1) is 0 Å². The van der Waals surface area contributed by atoms with Gasteiger partial charge in [-0.2, -0.15) is 0 Å². The minimum Gasteiger partial charge on any atom is -0.489 e. The largest absolute Gasteiger partial charge is 0.489 e. The first-order chi connectivity index (χ1) is 7.69. The molecule has 1 heterocycles. The molecule has 1 rings (SSSR count). The van der Waals surface area contributed by atoms with Crippen LogP contribution in [0.25, 0.3) is 0 Å². The van der Waals surface area contributed by atoms with Gasteiger partial charge in [-0.1, -0.05) is 13.8 Å². The lowest BCUT2D eigenvalue weighted by molar-refractivity contribution is 0.222. The van der Waals surface area contributed by atoms with Crippen LogP contribution in [0.3, 0.4) is 0 Å². The number of aromatic nitrogens is 1. The molecule has 4 nitrogen and oxygen atoms in total. The molecule has 0 atom stereocenters. The molecule has 0 aliphatic carbocycles. The predicted octanol–water partition coefficient (Wildman–Crippen LogP) is 2.15. The van der Waals surface area contributed by atoms with E-state index in [1.54, 1.807) is 12.4 Å². The number of hydrogen-bond acceptors (Lipinski definition) is 4. The fourth-order valence-electron chi connectivity index (χ4n) is 1.41. The third-order valence-corrected chi connectivity index (χ3v) is 2.99. The summed E-state index contributed by atoms with van der Waals surface area (Å²) < 4.78 is 6.45. The summed E-state index contributed by atoms with van der Waals surface area (Å²) in [6.07, 6.45) is 3.28. The molecule has 0 aliphatic heterocycles. The third-order valence-electron chi connectivity index (χ3n) is 2.43. The molecule has 1 aromatic rings. The quantitative estimate of drug-likeness (QED) is 0.871. The highest BCUT2D eigenvalue weighted by Gasteiger charge is 2.06. The number of nitrogens with zero attached hydrogens (tertiary/aromatic N) is 2. The number of ether oxygens (including phenoxy) is 1. The van der Waals surface area contributed by atoms with Crippen LogP contribution in [0.15, 0.2) is 16.9 Å². The van der Waals surface area contributed by atoms with Crippen molar-refractivity contribution in [3.05, 3.63) is 16.9 Å². The molecule has 0 spiro atoms. The molecule has 16 heavy (non-hydrogen) atoms. The highest BCUT2D eigenvalue weighted by molar-refractivity contribution is 9.10. The van der Waals surface area contributed by atoms with Gasteiger partial charge in [0.05, 0.1) is 16.4 Å². The van der Waals surface area contributed by atoms with Crippen LogP contribution < -0.4 is 10.5 Å². The first-order valence-corrected chi connectivity index (χ1v) is 6.22. The second-order valence-electron chi connectivity index (χ2n) is 3.42. The summed E-state index contributed by atoms with van der Waals surface area (Å²) in [5.74, 6) is 0.683. The molecule has 0 radical (unpaired) electrons. The molecule has 2 N–H and O–H groups in total. The summed E-state index contributed by atoms with van der Waals surface area (Å²) in [6, 6.07) is 0. The fraction of sp³-hybridized carbons (Fsp3) is 0.545. The summed E-state index contributed by atoms with van der Waals surface area (Å²) in [5, 5.41) is 0. The molecule has 0 saturated carbocycles. The number of rotatable bonds is 6. The Morgan fingerprint density at radius 2 is 2.06 bits per heavy atom. The Morgan fingerprint density at radius 3 is 2.62 bits per heavy atom. The van der Waals surface area contributed by atoms with Gasteiger partial charge in [-0.25, -0.2) is 0 Å². The molecule has 0 aliphatic rings. The maximum atomic E-state index is 5.77. The van der Waals surface area contributed by atoms with Crippen LogP contribution >= 0.6 is 15.9 Å². The molecule has 0 saturated heterocycles. The number of pyridine rings is 1. The van der Waals surface area contributed by atoms with E-state index >= 15 is 0 Å². The van der Waals surface area contributed by atoms with Gasteiger partial charge in [0.25, 0.3) is 0 Å². The Labute approximate surface area is 105 Å². The van der Waals surface area contributed by atoms with Gasteiger partial charge in [0, 0.05) is 12.7 Å². The molecule has 0 unspecified atom stereocenters. The van der Waals surface area contributed by atoms with Crippen LogP contribution in [0.2, 0.25) is 0 Å². The van der Waals surface area contributed by atoms with Gasteiger partial charge in [0.2, 0.25) is 0 Å². The number of halogens is 1. The van der Waals surface area contributed by atoms with E-state index in [-0.39, 0.29) is 0 Å². The number of likely N-dealkylation sites (N-methyl/N-ethyl adjacent to an activating group) is 1. The van der Waals surface area contributed by atoms with Crippen molar-refractivity contribution in [2.24, 2.45) is 0 Å². The molecule has 1 aromatic heterocycles. The molecule has 0 fully saturated rings. The zero-order valence-corrected chi connectivity index (χ0v) is 11.3. The number of hydrogen-bond donors (Lipinski definition) is 1. The molecular formula is C11H18BrN3O. The zero-order valence-electron chi connectivity index (χ0n) is 9.74. The molecule has 0 aromatic carbocycles. The molecule has 5 heteroatoms. The topological polar surface area (TPSA) is 51.4 Å². The van der Waals surface area contributed by atoms with E-state index in [1.807, 2.05) is 0 Å². The van der Waals surface area contributed by atoms with Crippen molar-refractivity contribution in [1.82, 2.24) is 9.88 Å². The zero-order chi connectivity index (χ0) is 12.0. The standard InChI is InChI=1S/C11H18BrN3O/c1-3-15(4-2)5-6-16-11-9(12)7-14-8-10(11)13/h7-8H,3-6,13H2,1-2H3. The average Bonchev–Trinajstić information content (AvgIpc) is 2.28. The van der Waals surface area contributed by atoms with E-state index in [4.69, 9.17) is 10.5 Å². The van der Waals surface area contributed by atoms with Crippen molar-refractivity contribution in [3.8, 4) is 5.75 Å². The highest BCUT2D eigenvalue weighted by atomic mass is 79.9. The Bertz CT molecular complexity index is 309. The Kier molecular flexibility index (Phi) is 5.55. The lowest BCUT2D eigenvalue weighted by Crippen LogP contribution is -2.28. The van der Waals surface area contributed by atoms with Gasteiger partial charge < -0.3 is 15.4 Å². The lowest BCUT2D eigenvalue weighted by atomic mass is 10.4. The Balaban J connectivity index is 2.48. The van der Waals surface area contributed by atoms with E-state index in [1.165, 1.54) is 0 Å². The number of nitrogen functional groups attached to an aromatic ring is 1. The third kappa shape index (κ3) is 3.64. The monoisotopic (exact) mass is 287 g/mol. The van der Waals surface area contributed by atoms with Crippen molar-refractivity contribution in [2.45, 2.75) is 13.8 Å². The van der Waals surface area contributed by atoms with Crippen molar-refractivity contribution in [3.63, 3.8) is 0 Å². The van der Waals surface area contributed by atoms with Crippen LogP contribution in [0, 0.1) is 0 Å². The smallest absolute Gasteiger partial charge is 0.159 e. The first kappa shape index (κ1) is 13.3. The SMILES string of the molecule is CCN(CC)CCOc1c(N)cncc1Br. The van der Waals surface area contributed by atoms with Crippen molar-refractivity contribution in [2.75, 3.05) is 32.0 Å². The van der Waals surface area contributed by atoms with Crippen LogP contribution in [0.4, 0.5) is 5.69 Å². The first-order valence-electron chi connectivity index (χ1n) is 5.43. The van der Waals surface area contributed by atoms with E-state index in [9.17, 15) is 0 Å². The second-order valence-corrected chi connectivity index (χ2v) is 4.27. The van der Waals surface area contributed by atoms with Gasteiger partial charge in [0.1, 0.15) is 6.61 Å². The van der Waals surface area contributed by atoms with Gasteiger partial charge in [-0.3, -0.25) is 4.98 Å². The van der Waals surface area contributed by atoms with Crippen molar-refractivity contribution < 1.29 is 4.74 Å². The van der Waals surface area contributed by atoms with Crippen LogP contribution in [0.5, 0.6) is 5.75 Å². The van der Waals surface area contributed by atoms with Crippen LogP contribution in [0.1, 0.15) is 13.8 Å². The number of nitrogens with two attached hydrogens (primary N) is 1. The summed E-state index contributed by atoms with van der Waals surface area (Å²) in [6.45, 7) is 7.88. The Hall–Kier alpha value is -0.810. The van der Waals surface area contributed by atoms with Crippen molar-refractivity contribution >= 4 is 21.6 Å². The highest BCUT2D eigenvalue weighted by Crippen LogP contribution is 2.29. The minimum absolute atomic E-state index is 0.564. The molecule has 0 bridgehead atoms. The van der Waals surface area contributed by atoms with E-state index in [2.05, 4.69) is 39.7 Å². The summed E-state index contributed by atoms with van der Waals surface area (Å²) in [7, 11) is 0. The second kappa shape index (κ2) is 6.70. The van der Waals surface area contributed by atoms with Crippen LogP contribution in [-0.4, -0.2) is 36.1 Å². The van der Waals surface area contributed by atoms with E-state index in [0.717, 1.165) is 24.1 Å². The molecule has 90 valence electrons.